The SMILES string of the molecule is CCCNc1nc(C(OCC)C2CCCCC2)ncc1Br. The highest BCUT2D eigenvalue weighted by Gasteiger charge is 2.28. The number of anilines is 1. The molecule has 1 aromatic rings. The Morgan fingerprint density at radius 1 is 1.33 bits per heavy atom. The second-order valence-corrected chi connectivity index (χ2v) is 6.48. The van der Waals surface area contributed by atoms with Gasteiger partial charge in [0.05, 0.1) is 4.47 Å². The predicted molar refractivity (Wildman–Crippen MR) is 89.5 cm³/mol. The van der Waals surface area contributed by atoms with Crippen molar-refractivity contribution in [3.63, 3.8) is 0 Å². The first-order valence-electron chi connectivity index (χ1n) is 8.14. The summed E-state index contributed by atoms with van der Waals surface area (Å²) in [6, 6.07) is 0. The third kappa shape index (κ3) is 4.65. The van der Waals surface area contributed by atoms with Crippen LogP contribution < -0.4 is 5.32 Å². The predicted octanol–water partition coefficient (Wildman–Crippen LogP) is 4.72. The number of rotatable bonds is 7. The first-order valence-corrected chi connectivity index (χ1v) is 8.93. The van der Waals surface area contributed by atoms with E-state index in [-0.39, 0.29) is 6.10 Å². The van der Waals surface area contributed by atoms with Crippen molar-refractivity contribution in [2.24, 2.45) is 5.92 Å². The molecule has 4 nitrogen and oxygen atoms in total. The zero-order chi connectivity index (χ0) is 15.1. The molecule has 5 heteroatoms. The molecule has 1 aliphatic carbocycles. The van der Waals surface area contributed by atoms with E-state index < -0.39 is 0 Å². The Morgan fingerprint density at radius 2 is 2.10 bits per heavy atom. The van der Waals surface area contributed by atoms with Crippen LogP contribution >= 0.6 is 15.9 Å². The number of aromatic nitrogens is 2. The van der Waals surface area contributed by atoms with Gasteiger partial charge in [-0.15, -0.1) is 0 Å². The fourth-order valence-corrected chi connectivity index (χ4v) is 3.25. The molecule has 0 aromatic carbocycles. The summed E-state index contributed by atoms with van der Waals surface area (Å²) in [5.74, 6) is 2.26. The van der Waals surface area contributed by atoms with Crippen LogP contribution in [0.2, 0.25) is 0 Å². The fourth-order valence-electron chi connectivity index (χ4n) is 2.92. The minimum Gasteiger partial charge on any atom is -0.370 e. The maximum atomic E-state index is 6.00. The molecule has 0 aliphatic heterocycles. The van der Waals surface area contributed by atoms with E-state index in [0.717, 1.165) is 29.1 Å². The molecule has 1 aromatic heterocycles. The van der Waals surface area contributed by atoms with E-state index in [1.54, 1.807) is 0 Å². The number of ether oxygens (including phenoxy) is 1. The van der Waals surface area contributed by atoms with Gasteiger partial charge in [0.2, 0.25) is 0 Å². The summed E-state index contributed by atoms with van der Waals surface area (Å²) in [6.45, 7) is 5.81. The third-order valence-corrected chi connectivity index (χ3v) is 4.56. The summed E-state index contributed by atoms with van der Waals surface area (Å²) in [4.78, 5) is 9.23. The molecule has 1 saturated carbocycles. The summed E-state index contributed by atoms with van der Waals surface area (Å²) in [5, 5.41) is 3.35. The second-order valence-electron chi connectivity index (χ2n) is 5.63. The monoisotopic (exact) mass is 355 g/mol. The number of hydrogen-bond acceptors (Lipinski definition) is 4. The van der Waals surface area contributed by atoms with Gasteiger partial charge in [-0.1, -0.05) is 26.2 Å². The molecule has 0 amide bonds. The van der Waals surface area contributed by atoms with Gasteiger partial charge in [-0.3, -0.25) is 0 Å². The van der Waals surface area contributed by atoms with Crippen LogP contribution in [0.15, 0.2) is 10.7 Å². The largest absolute Gasteiger partial charge is 0.370 e. The molecule has 1 N–H and O–H groups in total. The van der Waals surface area contributed by atoms with Crippen molar-refractivity contribution in [2.75, 3.05) is 18.5 Å². The molecule has 21 heavy (non-hydrogen) atoms. The number of halogens is 1. The normalized spacial score (nSPS) is 17.7. The summed E-state index contributed by atoms with van der Waals surface area (Å²) >= 11 is 3.52. The van der Waals surface area contributed by atoms with Gasteiger partial charge in [0.25, 0.3) is 0 Å². The summed E-state index contributed by atoms with van der Waals surface area (Å²) in [5.41, 5.74) is 0. The van der Waals surface area contributed by atoms with Gasteiger partial charge in [-0.25, -0.2) is 9.97 Å². The Bertz CT molecular complexity index is 436. The van der Waals surface area contributed by atoms with Gasteiger partial charge in [-0.2, -0.15) is 0 Å². The lowest BCUT2D eigenvalue weighted by atomic mass is 9.85. The van der Waals surface area contributed by atoms with Gasteiger partial charge in [0.15, 0.2) is 5.82 Å². The van der Waals surface area contributed by atoms with Crippen LogP contribution in [0.5, 0.6) is 0 Å². The van der Waals surface area contributed by atoms with Crippen LogP contribution in [0, 0.1) is 5.92 Å². The molecule has 0 spiro atoms. The molecule has 0 saturated heterocycles. The maximum absolute atomic E-state index is 6.00. The zero-order valence-electron chi connectivity index (χ0n) is 13.1. The van der Waals surface area contributed by atoms with E-state index in [9.17, 15) is 0 Å². The quantitative estimate of drug-likeness (QED) is 0.768. The first-order chi connectivity index (χ1) is 10.3. The van der Waals surface area contributed by atoms with Crippen molar-refractivity contribution in [1.82, 2.24) is 9.97 Å². The first kappa shape index (κ1) is 16.7. The average Bonchev–Trinajstić information content (AvgIpc) is 2.53. The lowest BCUT2D eigenvalue weighted by Gasteiger charge is -2.29. The molecular weight excluding hydrogens is 330 g/mol. The Hall–Kier alpha value is -0.680. The van der Waals surface area contributed by atoms with Gasteiger partial charge in [0.1, 0.15) is 11.9 Å². The molecule has 1 atom stereocenters. The molecule has 2 rings (SSSR count). The Labute approximate surface area is 136 Å². The van der Waals surface area contributed by atoms with Crippen molar-refractivity contribution in [2.45, 2.75) is 58.5 Å². The Morgan fingerprint density at radius 3 is 2.76 bits per heavy atom. The average molecular weight is 356 g/mol. The lowest BCUT2D eigenvalue weighted by molar-refractivity contribution is -0.000125. The molecule has 1 aliphatic rings. The number of hydrogen-bond donors (Lipinski definition) is 1. The Kier molecular flexibility index (Phi) is 6.90. The summed E-state index contributed by atoms with van der Waals surface area (Å²) in [6.07, 6.45) is 9.34. The van der Waals surface area contributed by atoms with Crippen molar-refractivity contribution in [1.29, 1.82) is 0 Å². The maximum Gasteiger partial charge on any atom is 0.159 e. The molecule has 0 bridgehead atoms. The van der Waals surface area contributed by atoms with Crippen molar-refractivity contribution in [3.8, 4) is 0 Å². The van der Waals surface area contributed by atoms with E-state index in [0.29, 0.717) is 12.5 Å². The van der Waals surface area contributed by atoms with Crippen LogP contribution in [0.1, 0.15) is 64.3 Å². The van der Waals surface area contributed by atoms with Gasteiger partial charge in [-0.05, 0) is 48.0 Å². The van der Waals surface area contributed by atoms with Crippen LogP contribution in [0.3, 0.4) is 0 Å². The minimum atomic E-state index is 0.0329. The highest BCUT2D eigenvalue weighted by Crippen LogP contribution is 2.36. The molecule has 0 radical (unpaired) electrons. The van der Waals surface area contributed by atoms with Gasteiger partial charge < -0.3 is 10.1 Å². The van der Waals surface area contributed by atoms with E-state index >= 15 is 0 Å². The third-order valence-electron chi connectivity index (χ3n) is 3.98. The molecule has 118 valence electrons. The summed E-state index contributed by atoms with van der Waals surface area (Å²) in [7, 11) is 0. The van der Waals surface area contributed by atoms with Gasteiger partial charge in [0, 0.05) is 19.3 Å². The Balaban J connectivity index is 2.18. The van der Waals surface area contributed by atoms with E-state index in [1.165, 1.54) is 32.1 Å². The van der Waals surface area contributed by atoms with Crippen LogP contribution in [-0.4, -0.2) is 23.1 Å². The lowest BCUT2D eigenvalue weighted by Crippen LogP contribution is -2.22. The second kappa shape index (κ2) is 8.69. The van der Waals surface area contributed by atoms with Crippen molar-refractivity contribution in [3.05, 3.63) is 16.5 Å². The summed E-state index contributed by atoms with van der Waals surface area (Å²) < 4.78 is 6.91. The van der Waals surface area contributed by atoms with Crippen LogP contribution in [0.25, 0.3) is 0 Å². The van der Waals surface area contributed by atoms with Crippen molar-refractivity contribution < 1.29 is 4.74 Å². The smallest absolute Gasteiger partial charge is 0.159 e. The van der Waals surface area contributed by atoms with E-state index in [2.05, 4.69) is 33.2 Å². The van der Waals surface area contributed by atoms with Gasteiger partial charge >= 0.3 is 0 Å². The van der Waals surface area contributed by atoms with Crippen LogP contribution in [-0.2, 0) is 4.74 Å². The molecule has 1 heterocycles. The minimum absolute atomic E-state index is 0.0329. The fraction of sp³-hybridized carbons (Fsp3) is 0.750. The van der Waals surface area contributed by atoms with E-state index in [4.69, 9.17) is 9.72 Å². The standard InChI is InChI=1S/C16H26BrN3O/c1-3-10-18-15-13(17)11-19-16(20-15)14(21-4-2)12-8-6-5-7-9-12/h11-12,14H,3-10H2,1-2H3,(H,18,19,20). The number of nitrogens with zero attached hydrogens (tertiary/aromatic N) is 2. The highest BCUT2D eigenvalue weighted by atomic mass is 79.9. The highest BCUT2D eigenvalue weighted by molar-refractivity contribution is 9.10. The molecule has 1 unspecified atom stereocenters. The number of nitrogens with one attached hydrogen (secondary N) is 1. The topological polar surface area (TPSA) is 47.0 Å². The zero-order valence-corrected chi connectivity index (χ0v) is 14.7. The molecule has 1 fully saturated rings. The van der Waals surface area contributed by atoms with Crippen molar-refractivity contribution >= 4 is 21.7 Å². The molecular formula is C16H26BrN3O. The van der Waals surface area contributed by atoms with E-state index in [1.807, 2.05) is 13.1 Å². The van der Waals surface area contributed by atoms with Crippen LogP contribution in [0.4, 0.5) is 5.82 Å².